The van der Waals surface area contributed by atoms with E-state index in [2.05, 4.69) is 20.7 Å². The summed E-state index contributed by atoms with van der Waals surface area (Å²) in [4.78, 5) is 39.4. The second kappa shape index (κ2) is 10.2. The zero-order valence-electron chi connectivity index (χ0n) is 19.4. The Morgan fingerprint density at radius 2 is 1.75 bits per heavy atom. The molecule has 0 bridgehead atoms. The van der Waals surface area contributed by atoms with Crippen LogP contribution in [0.4, 0.5) is 5.69 Å². The Hall–Kier alpha value is -4.11. The van der Waals surface area contributed by atoms with E-state index in [1.165, 1.54) is 31.3 Å². The Kier molecular flexibility index (Phi) is 7.12. The van der Waals surface area contributed by atoms with Gasteiger partial charge in [-0.15, -0.1) is 0 Å². The fourth-order valence-electron chi connectivity index (χ4n) is 4.09. The summed E-state index contributed by atoms with van der Waals surface area (Å²) in [6.07, 6.45) is 0.0535. The van der Waals surface area contributed by atoms with Crippen LogP contribution >= 0.6 is 15.9 Å². The molecule has 3 aromatic carbocycles. The number of amides is 1. The maximum absolute atomic E-state index is 13.3. The summed E-state index contributed by atoms with van der Waals surface area (Å²) in [6.45, 7) is 0. The molecular formula is C27H22BrNO7. The molecule has 0 spiro atoms. The van der Waals surface area contributed by atoms with Crippen molar-refractivity contribution < 1.29 is 34.1 Å². The molecule has 1 atom stereocenters. The summed E-state index contributed by atoms with van der Waals surface area (Å²) in [5, 5.41) is 21.3. The van der Waals surface area contributed by atoms with Gasteiger partial charge in [0.15, 0.2) is 0 Å². The van der Waals surface area contributed by atoms with Gasteiger partial charge in [-0.3, -0.25) is 19.3 Å². The van der Waals surface area contributed by atoms with Gasteiger partial charge in [-0.25, -0.2) is 0 Å². The molecule has 1 fully saturated rings. The molecule has 0 aromatic heterocycles. The summed E-state index contributed by atoms with van der Waals surface area (Å²) < 4.78 is 10.5. The number of ether oxygens (including phenoxy) is 2. The van der Waals surface area contributed by atoms with Crippen molar-refractivity contribution in [2.24, 2.45) is 0 Å². The largest absolute Gasteiger partial charge is 0.508 e. The number of anilines is 1. The van der Waals surface area contributed by atoms with E-state index in [1.54, 1.807) is 54.6 Å². The minimum absolute atomic E-state index is 0.0535. The summed E-state index contributed by atoms with van der Waals surface area (Å²) in [7, 11) is 2.80. The second-order valence-electron chi connectivity index (χ2n) is 8.03. The first-order chi connectivity index (χ1) is 17.2. The highest BCUT2D eigenvalue weighted by Gasteiger charge is 2.47. The van der Waals surface area contributed by atoms with Crippen molar-refractivity contribution in [1.29, 1.82) is 0 Å². The summed E-state index contributed by atoms with van der Waals surface area (Å²) in [6, 6.07) is 16.5. The van der Waals surface area contributed by atoms with Crippen LogP contribution in [0.5, 0.6) is 11.5 Å². The molecule has 184 valence electrons. The van der Waals surface area contributed by atoms with E-state index < -0.39 is 23.7 Å². The highest BCUT2D eigenvalue weighted by molar-refractivity contribution is 9.10. The van der Waals surface area contributed by atoms with Gasteiger partial charge in [0.05, 0.1) is 36.7 Å². The molecule has 36 heavy (non-hydrogen) atoms. The van der Waals surface area contributed by atoms with Gasteiger partial charge in [0.2, 0.25) is 0 Å². The second-order valence-corrected chi connectivity index (χ2v) is 8.89. The number of ketones is 1. The number of hydrogen-bond donors (Lipinski definition) is 2. The third kappa shape index (κ3) is 4.70. The lowest BCUT2D eigenvalue weighted by atomic mass is 9.95. The topological polar surface area (TPSA) is 113 Å². The number of phenols is 1. The van der Waals surface area contributed by atoms with Crippen LogP contribution in [0.25, 0.3) is 5.76 Å². The predicted molar refractivity (Wildman–Crippen MR) is 136 cm³/mol. The molecule has 1 heterocycles. The normalized spacial score (nSPS) is 16.8. The monoisotopic (exact) mass is 551 g/mol. The number of aliphatic hydroxyl groups is 1. The van der Waals surface area contributed by atoms with Crippen LogP contribution < -0.4 is 9.64 Å². The van der Waals surface area contributed by atoms with E-state index in [1.807, 2.05) is 0 Å². The number of nitrogens with zero attached hydrogens (tertiary/aromatic N) is 1. The molecule has 0 radical (unpaired) electrons. The van der Waals surface area contributed by atoms with Crippen LogP contribution in [0, 0.1) is 0 Å². The highest BCUT2D eigenvalue weighted by Crippen LogP contribution is 2.43. The summed E-state index contributed by atoms with van der Waals surface area (Å²) >= 11 is 3.37. The Morgan fingerprint density at radius 3 is 2.36 bits per heavy atom. The van der Waals surface area contributed by atoms with Crippen LogP contribution in [0.2, 0.25) is 0 Å². The molecule has 4 rings (SSSR count). The molecule has 0 aliphatic carbocycles. The fourth-order valence-corrected chi connectivity index (χ4v) is 4.63. The van der Waals surface area contributed by atoms with Crippen molar-refractivity contribution in [2.75, 3.05) is 19.1 Å². The van der Waals surface area contributed by atoms with Crippen molar-refractivity contribution in [2.45, 2.75) is 12.5 Å². The molecule has 1 saturated heterocycles. The number of carbonyl (C=O) groups is 3. The van der Waals surface area contributed by atoms with Crippen LogP contribution in [-0.2, 0) is 25.5 Å². The molecule has 9 heteroatoms. The Morgan fingerprint density at radius 1 is 1.03 bits per heavy atom. The number of benzene rings is 3. The van der Waals surface area contributed by atoms with E-state index in [0.29, 0.717) is 32.6 Å². The molecule has 0 saturated carbocycles. The van der Waals surface area contributed by atoms with Crippen LogP contribution in [0.1, 0.15) is 22.7 Å². The first kappa shape index (κ1) is 25.0. The van der Waals surface area contributed by atoms with Crippen LogP contribution in [0.15, 0.2) is 76.8 Å². The molecule has 1 unspecified atom stereocenters. The van der Waals surface area contributed by atoms with Gasteiger partial charge in [-0.05, 0) is 69.5 Å². The van der Waals surface area contributed by atoms with Crippen LogP contribution in [-0.4, -0.2) is 42.1 Å². The number of aliphatic hydroxyl groups excluding tert-OH is 1. The smallest absolute Gasteiger partial charge is 0.309 e. The van der Waals surface area contributed by atoms with E-state index >= 15 is 0 Å². The first-order valence-electron chi connectivity index (χ1n) is 10.8. The Labute approximate surface area is 215 Å². The zero-order valence-corrected chi connectivity index (χ0v) is 21.0. The maximum atomic E-state index is 13.3. The number of hydrogen-bond acceptors (Lipinski definition) is 7. The van der Waals surface area contributed by atoms with Crippen molar-refractivity contribution in [3.8, 4) is 11.5 Å². The highest BCUT2D eigenvalue weighted by atomic mass is 79.9. The summed E-state index contributed by atoms with van der Waals surface area (Å²) in [5.74, 6) is -2.00. The van der Waals surface area contributed by atoms with E-state index in [9.17, 15) is 24.6 Å². The number of carbonyl (C=O) groups excluding carboxylic acids is 3. The van der Waals surface area contributed by atoms with Gasteiger partial charge >= 0.3 is 5.97 Å². The minimum Gasteiger partial charge on any atom is -0.508 e. The van der Waals surface area contributed by atoms with Crippen molar-refractivity contribution in [1.82, 2.24) is 0 Å². The Bertz CT molecular complexity index is 1380. The molecule has 3 aromatic rings. The number of phenolic OH excluding ortho intramolecular Hbond substituents is 1. The fraction of sp³-hybridized carbons (Fsp3) is 0.148. The van der Waals surface area contributed by atoms with E-state index in [4.69, 9.17) is 4.74 Å². The van der Waals surface area contributed by atoms with E-state index in [0.717, 1.165) is 0 Å². The Balaban J connectivity index is 1.86. The standard InChI is InChI=1S/C27H22BrNO7/c1-35-21-11-8-17(14-20(21)28)25(32)23-24(16-4-3-5-19(30)13-16)29(27(34)26(23)33)18-9-6-15(7-10-18)12-22(31)36-2/h3-11,13-14,24,30,32H,12H2,1-2H3/b25-23-. The third-order valence-corrected chi connectivity index (χ3v) is 6.47. The van der Waals surface area contributed by atoms with Gasteiger partial charge in [-0.1, -0.05) is 24.3 Å². The maximum Gasteiger partial charge on any atom is 0.309 e. The van der Waals surface area contributed by atoms with Crippen molar-refractivity contribution >= 4 is 45.0 Å². The van der Waals surface area contributed by atoms with Gasteiger partial charge in [0.25, 0.3) is 11.7 Å². The molecule has 1 aliphatic rings. The number of methoxy groups -OCH3 is 2. The van der Waals surface area contributed by atoms with Crippen molar-refractivity contribution in [3.63, 3.8) is 0 Å². The third-order valence-electron chi connectivity index (χ3n) is 5.85. The molecule has 1 aliphatic heterocycles. The lowest BCUT2D eigenvalue weighted by Gasteiger charge is -2.25. The average molecular weight is 552 g/mol. The molecule has 8 nitrogen and oxygen atoms in total. The zero-order chi connectivity index (χ0) is 26.0. The van der Waals surface area contributed by atoms with Gasteiger partial charge in [0, 0.05) is 11.3 Å². The van der Waals surface area contributed by atoms with Crippen molar-refractivity contribution in [3.05, 3.63) is 93.5 Å². The van der Waals surface area contributed by atoms with Gasteiger partial charge in [0.1, 0.15) is 17.3 Å². The number of rotatable bonds is 6. The lowest BCUT2D eigenvalue weighted by Crippen LogP contribution is -2.29. The first-order valence-corrected chi connectivity index (χ1v) is 11.6. The number of Topliss-reactive ketones (excluding diaryl/α,β-unsaturated/α-hetero) is 1. The number of esters is 1. The summed E-state index contributed by atoms with van der Waals surface area (Å²) in [5.41, 5.74) is 1.66. The predicted octanol–water partition coefficient (Wildman–Crippen LogP) is 4.51. The number of aromatic hydroxyl groups is 1. The molecular weight excluding hydrogens is 530 g/mol. The average Bonchev–Trinajstić information content (AvgIpc) is 3.14. The molecule has 1 amide bonds. The lowest BCUT2D eigenvalue weighted by molar-refractivity contribution is -0.139. The number of halogens is 1. The van der Waals surface area contributed by atoms with E-state index in [-0.39, 0.29) is 23.5 Å². The van der Waals surface area contributed by atoms with Crippen LogP contribution in [0.3, 0.4) is 0 Å². The van der Waals surface area contributed by atoms with Gasteiger partial charge < -0.3 is 19.7 Å². The SMILES string of the molecule is COC(=O)Cc1ccc(N2C(=O)C(=O)/C(=C(\O)c3ccc(OC)c(Br)c3)C2c2cccc(O)c2)cc1. The van der Waals surface area contributed by atoms with Gasteiger partial charge in [-0.2, -0.15) is 0 Å². The minimum atomic E-state index is -1.01. The molecule has 2 N–H and O–H groups in total. The quantitative estimate of drug-likeness (QED) is 0.200.